The van der Waals surface area contributed by atoms with Crippen molar-refractivity contribution in [3.8, 4) is 0 Å². The van der Waals surface area contributed by atoms with Gasteiger partial charge < -0.3 is 5.32 Å². The van der Waals surface area contributed by atoms with Gasteiger partial charge in [-0.3, -0.25) is 4.79 Å². The fourth-order valence-corrected chi connectivity index (χ4v) is 1.99. The molecule has 0 saturated heterocycles. The lowest BCUT2D eigenvalue weighted by atomic mass is 10.2. The Morgan fingerprint density at radius 2 is 2.00 bits per heavy atom. The van der Waals surface area contributed by atoms with Crippen molar-refractivity contribution < 1.29 is 9.18 Å². The molecular formula is C15H12FN3O. The summed E-state index contributed by atoms with van der Waals surface area (Å²) in [6.45, 7) is 0.259. The van der Waals surface area contributed by atoms with E-state index >= 15 is 0 Å². The number of nitrogens with zero attached hydrogens (tertiary/aromatic N) is 2. The van der Waals surface area contributed by atoms with Crippen LogP contribution in [0.4, 0.5) is 4.39 Å². The van der Waals surface area contributed by atoms with E-state index in [4.69, 9.17) is 0 Å². The molecule has 3 aromatic rings. The Kier molecular flexibility index (Phi) is 3.16. The number of amides is 1. The summed E-state index contributed by atoms with van der Waals surface area (Å²) in [6, 6.07) is 13.5. The second-order valence-corrected chi connectivity index (χ2v) is 4.37. The standard InChI is InChI=1S/C15H12FN3O/c16-14-7-2-1-6-13(14)15(20)17-10-11-9-12-5-3-4-8-19(12)18-11/h1-9H,10H2,(H,17,20). The predicted octanol–water partition coefficient (Wildman–Crippen LogP) is 2.40. The van der Waals surface area contributed by atoms with Crippen LogP contribution in [0.25, 0.3) is 5.52 Å². The third kappa shape index (κ3) is 2.38. The number of hydrogen-bond donors (Lipinski definition) is 1. The first-order chi connectivity index (χ1) is 9.74. The van der Waals surface area contributed by atoms with Gasteiger partial charge in [-0.25, -0.2) is 8.91 Å². The molecule has 100 valence electrons. The maximum atomic E-state index is 13.5. The third-order valence-corrected chi connectivity index (χ3v) is 2.97. The second kappa shape index (κ2) is 5.13. The van der Waals surface area contributed by atoms with Gasteiger partial charge in [-0.1, -0.05) is 18.2 Å². The first-order valence-corrected chi connectivity index (χ1v) is 6.20. The summed E-state index contributed by atoms with van der Waals surface area (Å²) in [7, 11) is 0. The molecule has 0 atom stereocenters. The first kappa shape index (κ1) is 12.3. The van der Waals surface area contributed by atoms with E-state index < -0.39 is 11.7 Å². The normalized spacial score (nSPS) is 10.7. The maximum absolute atomic E-state index is 13.5. The fraction of sp³-hybridized carbons (Fsp3) is 0.0667. The lowest BCUT2D eigenvalue weighted by Crippen LogP contribution is -2.24. The highest BCUT2D eigenvalue weighted by Crippen LogP contribution is 2.08. The molecular weight excluding hydrogens is 257 g/mol. The molecule has 2 heterocycles. The molecule has 0 radical (unpaired) electrons. The summed E-state index contributed by atoms with van der Waals surface area (Å²) < 4.78 is 15.2. The maximum Gasteiger partial charge on any atom is 0.254 e. The average molecular weight is 269 g/mol. The Morgan fingerprint density at radius 1 is 1.20 bits per heavy atom. The number of carbonyl (C=O) groups excluding carboxylic acids is 1. The zero-order valence-corrected chi connectivity index (χ0v) is 10.6. The van der Waals surface area contributed by atoms with E-state index in [9.17, 15) is 9.18 Å². The van der Waals surface area contributed by atoms with Crippen molar-refractivity contribution >= 4 is 11.4 Å². The molecule has 0 aliphatic carbocycles. The van der Waals surface area contributed by atoms with Crippen molar-refractivity contribution in [3.05, 3.63) is 71.8 Å². The quantitative estimate of drug-likeness (QED) is 0.793. The molecule has 0 saturated carbocycles. The van der Waals surface area contributed by atoms with Gasteiger partial charge in [0.1, 0.15) is 5.82 Å². The molecule has 3 rings (SSSR count). The van der Waals surface area contributed by atoms with Crippen molar-refractivity contribution in [1.82, 2.24) is 14.9 Å². The molecule has 0 unspecified atom stereocenters. The predicted molar refractivity (Wildman–Crippen MR) is 72.8 cm³/mol. The Balaban J connectivity index is 1.73. The monoisotopic (exact) mass is 269 g/mol. The highest BCUT2D eigenvalue weighted by Gasteiger charge is 2.10. The van der Waals surface area contributed by atoms with Gasteiger partial charge in [0.2, 0.25) is 0 Å². The number of rotatable bonds is 3. The van der Waals surface area contributed by atoms with E-state index in [1.807, 2.05) is 30.5 Å². The summed E-state index contributed by atoms with van der Waals surface area (Å²) >= 11 is 0. The topological polar surface area (TPSA) is 46.4 Å². The van der Waals surface area contributed by atoms with Crippen molar-refractivity contribution in [1.29, 1.82) is 0 Å². The van der Waals surface area contributed by atoms with Crippen molar-refractivity contribution in [2.24, 2.45) is 0 Å². The van der Waals surface area contributed by atoms with Gasteiger partial charge in [0.05, 0.1) is 23.3 Å². The lowest BCUT2D eigenvalue weighted by molar-refractivity contribution is 0.0946. The first-order valence-electron chi connectivity index (χ1n) is 6.20. The zero-order chi connectivity index (χ0) is 13.9. The molecule has 4 nitrogen and oxygen atoms in total. The molecule has 20 heavy (non-hydrogen) atoms. The van der Waals surface area contributed by atoms with Crippen LogP contribution in [0, 0.1) is 5.82 Å². The molecule has 0 bridgehead atoms. The van der Waals surface area contributed by atoms with Gasteiger partial charge in [0, 0.05) is 6.20 Å². The van der Waals surface area contributed by atoms with Gasteiger partial charge in [-0.15, -0.1) is 0 Å². The van der Waals surface area contributed by atoms with Crippen LogP contribution in [-0.2, 0) is 6.54 Å². The van der Waals surface area contributed by atoms with Crippen molar-refractivity contribution in [3.63, 3.8) is 0 Å². The van der Waals surface area contributed by atoms with Crippen LogP contribution in [0.1, 0.15) is 16.1 Å². The van der Waals surface area contributed by atoms with Crippen LogP contribution in [0.2, 0.25) is 0 Å². The Bertz CT molecular complexity index is 733. The Morgan fingerprint density at radius 3 is 2.80 bits per heavy atom. The van der Waals surface area contributed by atoms with E-state index in [1.54, 1.807) is 16.6 Å². The Labute approximate surface area is 114 Å². The third-order valence-electron chi connectivity index (χ3n) is 2.97. The number of nitrogens with one attached hydrogen (secondary N) is 1. The number of fused-ring (bicyclic) bond motifs is 1. The Hall–Kier alpha value is -2.69. The van der Waals surface area contributed by atoms with Gasteiger partial charge in [-0.2, -0.15) is 5.10 Å². The zero-order valence-electron chi connectivity index (χ0n) is 10.6. The van der Waals surface area contributed by atoms with Crippen LogP contribution >= 0.6 is 0 Å². The SMILES string of the molecule is O=C(NCc1cc2ccccn2n1)c1ccccc1F. The second-order valence-electron chi connectivity index (χ2n) is 4.37. The summed E-state index contributed by atoms with van der Waals surface area (Å²) in [5, 5.41) is 6.97. The molecule has 5 heteroatoms. The van der Waals surface area contributed by atoms with Gasteiger partial charge in [0.25, 0.3) is 5.91 Å². The van der Waals surface area contributed by atoms with Crippen LogP contribution in [0.3, 0.4) is 0 Å². The molecule has 0 spiro atoms. The van der Waals surface area contributed by atoms with Crippen LogP contribution < -0.4 is 5.32 Å². The lowest BCUT2D eigenvalue weighted by Gasteiger charge is -2.03. The van der Waals surface area contributed by atoms with Crippen LogP contribution in [-0.4, -0.2) is 15.5 Å². The van der Waals surface area contributed by atoms with E-state index in [2.05, 4.69) is 10.4 Å². The highest BCUT2D eigenvalue weighted by molar-refractivity contribution is 5.94. The van der Waals surface area contributed by atoms with Gasteiger partial charge in [-0.05, 0) is 30.3 Å². The number of pyridine rings is 1. The number of halogens is 1. The minimum absolute atomic E-state index is 0.0382. The molecule has 0 aliphatic rings. The number of benzene rings is 1. The molecule has 0 fully saturated rings. The van der Waals surface area contributed by atoms with Crippen LogP contribution in [0.5, 0.6) is 0 Å². The number of aromatic nitrogens is 2. The smallest absolute Gasteiger partial charge is 0.254 e. The summed E-state index contributed by atoms with van der Waals surface area (Å²) in [5.74, 6) is -0.972. The summed E-state index contributed by atoms with van der Waals surface area (Å²) in [6.07, 6.45) is 1.83. The van der Waals surface area contributed by atoms with Gasteiger partial charge in [0.15, 0.2) is 0 Å². The molecule has 1 N–H and O–H groups in total. The number of hydrogen-bond acceptors (Lipinski definition) is 2. The van der Waals surface area contributed by atoms with Gasteiger partial charge >= 0.3 is 0 Å². The average Bonchev–Trinajstić information content (AvgIpc) is 2.88. The molecule has 0 aliphatic heterocycles. The van der Waals surface area contributed by atoms with E-state index in [1.165, 1.54) is 12.1 Å². The number of carbonyl (C=O) groups is 1. The largest absolute Gasteiger partial charge is 0.346 e. The van der Waals surface area contributed by atoms with E-state index in [-0.39, 0.29) is 12.1 Å². The summed E-state index contributed by atoms with van der Waals surface area (Å²) in [5.41, 5.74) is 1.71. The molecule has 1 amide bonds. The molecule has 2 aromatic heterocycles. The van der Waals surface area contributed by atoms with Crippen molar-refractivity contribution in [2.75, 3.05) is 0 Å². The minimum atomic E-state index is -0.528. The van der Waals surface area contributed by atoms with Crippen molar-refractivity contribution in [2.45, 2.75) is 6.54 Å². The minimum Gasteiger partial charge on any atom is -0.346 e. The van der Waals surface area contributed by atoms with E-state index in [0.717, 1.165) is 11.2 Å². The van der Waals surface area contributed by atoms with E-state index in [0.29, 0.717) is 0 Å². The fourth-order valence-electron chi connectivity index (χ4n) is 1.99. The molecule has 1 aromatic carbocycles. The summed E-state index contributed by atoms with van der Waals surface area (Å²) in [4.78, 5) is 11.9. The van der Waals surface area contributed by atoms with Crippen LogP contribution in [0.15, 0.2) is 54.7 Å². The highest BCUT2D eigenvalue weighted by atomic mass is 19.1.